The molecule has 0 bridgehead atoms. The van der Waals surface area contributed by atoms with Crippen molar-refractivity contribution in [1.82, 2.24) is 4.90 Å². The fraction of sp³-hybridized carbons (Fsp3) is 0.583. The molecule has 1 aromatic rings. The normalized spacial score (nSPS) is 19.6. The summed E-state index contributed by atoms with van der Waals surface area (Å²) in [5.41, 5.74) is 0. The third kappa shape index (κ3) is 2.73. The molecule has 1 saturated heterocycles. The number of hydrogen-bond donors (Lipinski definition) is 0. The van der Waals surface area contributed by atoms with Gasteiger partial charge >= 0.3 is 0 Å². The second-order valence-corrected chi connectivity index (χ2v) is 6.75. The number of carbonyl (C=O) groups is 1. The van der Waals surface area contributed by atoms with Gasteiger partial charge in [0.15, 0.2) is 5.78 Å². The van der Waals surface area contributed by atoms with Crippen LogP contribution in [0.4, 0.5) is 0 Å². The molecule has 1 aromatic heterocycles. The Morgan fingerprint density at radius 3 is 2.56 bits per heavy atom. The van der Waals surface area contributed by atoms with Crippen molar-refractivity contribution in [3.63, 3.8) is 0 Å². The second-order valence-electron chi connectivity index (χ2n) is 4.25. The molecule has 16 heavy (non-hydrogen) atoms. The Morgan fingerprint density at radius 1 is 1.38 bits per heavy atom. The first-order valence-corrected chi connectivity index (χ1v) is 7.29. The van der Waals surface area contributed by atoms with Gasteiger partial charge in [0.1, 0.15) is 6.04 Å². The molecular weight excluding hydrogens is 286 g/mol. The highest BCUT2D eigenvalue weighted by Gasteiger charge is 2.26. The average molecular weight is 302 g/mol. The van der Waals surface area contributed by atoms with E-state index < -0.39 is 0 Å². The number of carbonyl (C=O) groups excluding carboxylic acids is 1. The zero-order valence-electron chi connectivity index (χ0n) is 9.41. The molecular formula is C12H16BrNOS. The van der Waals surface area contributed by atoms with Crippen LogP contribution in [-0.2, 0) is 4.79 Å². The first kappa shape index (κ1) is 12.3. The molecule has 0 spiro atoms. The fourth-order valence-corrected chi connectivity index (χ4v) is 3.91. The fourth-order valence-electron chi connectivity index (χ4n) is 2.29. The maximum Gasteiger partial charge on any atom is 0.152 e. The number of ketones is 1. The van der Waals surface area contributed by atoms with Gasteiger partial charge in [-0.25, -0.2) is 0 Å². The van der Waals surface area contributed by atoms with Gasteiger partial charge in [-0.05, 0) is 60.9 Å². The topological polar surface area (TPSA) is 20.3 Å². The summed E-state index contributed by atoms with van der Waals surface area (Å²) in [6, 6.07) is 4.08. The third-order valence-electron chi connectivity index (χ3n) is 3.00. The Bertz CT molecular complexity index is 371. The summed E-state index contributed by atoms with van der Waals surface area (Å²) in [5.74, 6) is 0.260. The van der Waals surface area contributed by atoms with Gasteiger partial charge in [0.25, 0.3) is 0 Å². The minimum atomic E-state index is -0.0170. The van der Waals surface area contributed by atoms with Crippen molar-refractivity contribution >= 4 is 33.0 Å². The maximum absolute atomic E-state index is 11.8. The first-order chi connectivity index (χ1) is 7.68. The quantitative estimate of drug-likeness (QED) is 0.850. The molecule has 0 saturated carbocycles. The van der Waals surface area contributed by atoms with Crippen molar-refractivity contribution < 1.29 is 4.79 Å². The smallest absolute Gasteiger partial charge is 0.152 e. The lowest BCUT2D eigenvalue weighted by Gasteiger charge is -2.32. The van der Waals surface area contributed by atoms with Crippen LogP contribution in [0.15, 0.2) is 15.9 Å². The largest absolute Gasteiger partial charge is 0.298 e. The Morgan fingerprint density at radius 2 is 2.06 bits per heavy atom. The molecule has 0 amide bonds. The van der Waals surface area contributed by atoms with Crippen molar-refractivity contribution in [2.24, 2.45) is 0 Å². The van der Waals surface area contributed by atoms with Crippen LogP contribution in [0.25, 0.3) is 0 Å². The average Bonchev–Trinajstić information content (AvgIpc) is 2.66. The molecule has 2 rings (SSSR count). The van der Waals surface area contributed by atoms with Gasteiger partial charge in [0, 0.05) is 4.88 Å². The van der Waals surface area contributed by atoms with E-state index in [0.717, 1.165) is 16.9 Å². The number of nitrogens with zero attached hydrogens (tertiary/aromatic N) is 1. The van der Waals surface area contributed by atoms with Crippen molar-refractivity contribution in [2.45, 2.75) is 32.2 Å². The summed E-state index contributed by atoms with van der Waals surface area (Å²) >= 11 is 5.13. The molecule has 0 aliphatic carbocycles. The summed E-state index contributed by atoms with van der Waals surface area (Å²) in [7, 11) is 0. The van der Waals surface area contributed by atoms with E-state index in [9.17, 15) is 4.79 Å². The van der Waals surface area contributed by atoms with Gasteiger partial charge in [-0.3, -0.25) is 9.69 Å². The minimum Gasteiger partial charge on any atom is -0.298 e. The predicted octanol–water partition coefficient (Wildman–Crippen LogP) is 3.63. The van der Waals surface area contributed by atoms with Crippen molar-refractivity contribution in [3.05, 3.63) is 20.8 Å². The molecule has 1 atom stereocenters. The standard InChI is InChI=1S/C12H16BrNOS/c1-9(15)12(10-5-6-11(13)16-10)14-7-3-2-4-8-14/h5-6,12H,2-4,7-8H2,1H3. The van der Waals surface area contributed by atoms with Crippen LogP contribution in [0, 0.1) is 0 Å². The van der Waals surface area contributed by atoms with Crippen molar-refractivity contribution in [2.75, 3.05) is 13.1 Å². The van der Waals surface area contributed by atoms with E-state index in [0.29, 0.717) is 0 Å². The van der Waals surface area contributed by atoms with Crippen LogP contribution in [0.3, 0.4) is 0 Å². The number of likely N-dealkylation sites (tertiary alicyclic amines) is 1. The molecule has 0 radical (unpaired) electrons. The summed E-state index contributed by atoms with van der Waals surface area (Å²) < 4.78 is 1.10. The second kappa shape index (κ2) is 5.43. The van der Waals surface area contributed by atoms with Gasteiger partial charge in [-0.2, -0.15) is 0 Å². The minimum absolute atomic E-state index is 0.0170. The van der Waals surface area contributed by atoms with E-state index in [1.165, 1.54) is 24.1 Å². The van der Waals surface area contributed by atoms with Crippen LogP contribution in [0.2, 0.25) is 0 Å². The summed E-state index contributed by atoms with van der Waals surface area (Å²) in [6.07, 6.45) is 3.74. The molecule has 0 aromatic carbocycles. The van der Waals surface area contributed by atoms with Crippen molar-refractivity contribution in [3.8, 4) is 0 Å². The Kier molecular flexibility index (Phi) is 4.16. The first-order valence-electron chi connectivity index (χ1n) is 5.68. The Hall–Kier alpha value is -0.190. The zero-order chi connectivity index (χ0) is 11.5. The number of piperidine rings is 1. The van der Waals surface area contributed by atoms with Crippen molar-refractivity contribution in [1.29, 1.82) is 0 Å². The lowest BCUT2D eigenvalue weighted by Crippen LogP contribution is -2.36. The van der Waals surface area contributed by atoms with Gasteiger partial charge in [-0.1, -0.05) is 6.42 Å². The van der Waals surface area contributed by atoms with E-state index in [2.05, 4.69) is 26.9 Å². The van der Waals surface area contributed by atoms with Gasteiger partial charge < -0.3 is 0 Å². The molecule has 1 fully saturated rings. The third-order valence-corrected chi connectivity index (χ3v) is 4.68. The van der Waals surface area contributed by atoms with E-state index in [1.54, 1.807) is 18.3 Å². The molecule has 1 aliphatic heterocycles. The molecule has 0 N–H and O–H groups in total. The number of Topliss-reactive ketones (excluding diaryl/α,β-unsaturated/α-hetero) is 1. The molecule has 88 valence electrons. The van der Waals surface area contributed by atoms with Gasteiger partial charge in [0.2, 0.25) is 0 Å². The Balaban J connectivity index is 2.19. The number of halogens is 1. The monoisotopic (exact) mass is 301 g/mol. The van der Waals surface area contributed by atoms with Crippen LogP contribution in [0.1, 0.15) is 37.1 Å². The van der Waals surface area contributed by atoms with Gasteiger partial charge in [0.05, 0.1) is 3.79 Å². The molecule has 2 heterocycles. The van der Waals surface area contributed by atoms with Gasteiger partial charge in [-0.15, -0.1) is 11.3 Å². The summed E-state index contributed by atoms with van der Waals surface area (Å²) in [5, 5.41) is 0. The lowest BCUT2D eigenvalue weighted by atomic mass is 10.0. The SMILES string of the molecule is CC(=O)C(c1ccc(Br)s1)N1CCCCC1. The maximum atomic E-state index is 11.8. The Labute approximate surface area is 109 Å². The highest BCUT2D eigenvalue weighted by molar-refractivity contribution is 9.11. The summed E-state index contributed by atoms with van der Waals surface area (Å²) in [6.45, 7) is 3.81. The van der Waals surface area contributed by atoms with E-state index >= 15 is 0 Å². The molecule has 4 heteroatoms. The number of rotatable bonds is 3. The number of hydrogen-bond acceptors (Lipinski definition) is 3. The van der Waals surface area contributed by atoms with Crippen LogP contribution >= 0.6 is 27.3 Å². The molecule has 2 nitrogen and oxygen atoms in total. The molecule has 1 unspecified atom stereocenters. The van der Waals surface area contributed by atoms with E-state index in [4.69, 9.17) is 0 Å². The molecule has 1 aliphatic rings. The highest BCUT2D eigenvalue weighted by atomic mass is 79.9. The highest BCUT2D eigenvalue weighted by Crippen LogP contribution is 2.32. The lowest BCUT2D eigenvalue weighted by molar-refractivity contribution is -0.122. The van der Waals surface area contributed by atoms with E-state index in [-0.39, 0.29) is 11.8 Å². The number of thiophene rings is 1. The zero-order valence-corrected chi connectivity index (χ0v) is 11.8. The summed E-state index contributed by atoms with van der Waals surface area (Å²) in [4.78, 5) is 15.3. The van der Waals surface area contributed by atoms with Crippen LogP contribution in [-0.4, -0.2) is 23.8 Å². The van der Waals surface area contributed by atoms with Crippen LogP contribution in [0.5, 0.6) is 0 Å². The predicted molar refractivity (Wildman–Crippen MR) is 70.9 cm³/mol. The van der Waals surface area contributed by atoms with E-state index in [1.807, 2.05) is 6.07 Å². The van der Waals surface area contributed by atoms with Crippen LogP contribution < -0.4 is 0 Å².